The summed E-state index contributed by atoms with van der Waals surface area (Å²) in [6.45, 7) is 4.86. The molecule has 1 aliphatic rings. The van der Waals surface area contributed by atoms with Gasteiger partial charge >= 0.3 is 0 Å². The first-order chi connectivity index (χ1) is 11.0. The van der Waals surface area contributed by atoms with Crippen molar-refractivity contribution in [3.05, 3.63) is 52.3 Å². The molecule has 2 heterocycles. The van der Waals surface area contributed by atoms with Gasteiger partial charge in [-0.1, -0.05) is 0 Å². The molecule has 0 spiro atoms. The van der Waals surface area contributed by atoms with Crippen molar-refractivity contribution in [2.75, 3.05) is 19.8 Å². The maximum Gasteiger partial charge on any atom is 0.254 e. The number of nitrogens with one attached hydrogen (secondary N) is 1. The third-order valence-corrected chi connectivity index (χ3v) is 4.07. The van der Waals surface area contributed by atoms with Crippen LogP contribution in [-0.2, 0) is 4.74 Å². The summed E-state index contributed by atoms with van der Waals surface area (Å²) in [7, 11) is 0. The average molecular weight is 321 g/mol. The minimum atomic E-state index is -1.03. The standard InChI is InChI=1S/C16H17F2N3O2/c1-9-15(10(2)20-19-9)14-8-23-6-5-21(14)16(22)11-3-4-12(17)13(18)7-11/h3-4,7,14H,5-6,8H2,1-2H3,(H,19,20). The van der Waals surface area contributed by atoms with Crippen molar-refractivity contribution >= 4 is 5.91 Å². The van der Waals surface area contributed by atoms with Crippen molar-refractivity contribution in [3.8, 4) is 0 Å². The van der Waals surface area contributed by atoms with Crippen LogP contribution in [0, 0.1) is 25.5 Å². The van der Waals surface area contributed by atoms with E-state index in [-0.39, 0.29) is 17.5 Å². The van der Waals surface area contributed by atoms with Gasteiger partial charge in [0, 0.05) is 23.4 Å². The molecule has 0 bridgehead atoms. The molecule has 7 heteroatoms. The molecule has 1 saturated heterocycles. The number of morpholine rings is 1. The predicted molar refractivity (Wildman–Crippen MR) is 79.0 cm³/mol. The number of H-pyrrole nitrogens is 1. The number of rotatable bonds is 2. The number of ether oxygens (including phenoxy) is 1. The molecule has 1 aromatic heterocycles. The van der Waals surface area contributed by atoms with Gasteiger partial charge in [0.05, 0.1) is 24.9 Å². The number of benzene rings is 1. The van der Waals surface area contributed by atoms with Crippen LogP contribution in [0.15, 0.2) is 18.2 Å². The summed E-state index contributed by atoms with van der Waals surface area (Å²) in [5.41, 5.74) is 2.68. The highest BCUT2D eigenvalue weighted by Gasteiger charge is 2.32. The van der Waals surface area contributed by atoms with E-state index in [0.29, 0.717) is 19.8 Å². The molecule has 5 nitrogen and oxygen atoms in total. The smallest absolute Gasteiger partial charge is 0.254 e. The van der Waals surface area contributed by atoms with E-state index in [9.17, 15) is 13.6 Å². The lowest BCUT2D eigenvalue weighted by molar-refractivity contribution is -0.00304. The summed E-state index contributed by atoms with van der Waals surface area (Å²) in [6, 6.07) is 2.89. The second-order valence-electron chi connectivity index (χ2n) is 5.57. The largest absolute Gasteiger partial charge is 0.377 e. The lowest BCUT2D eigenvalue weighted by atomic mass is 10.0. The van der Waals surface area contributed by atoms with Crippen LogP contribution in [-0.4, -0.2) is 40.8 Å². The van der Waals surface area contributed by atoms with Crippen molar-refractivity contribution in [2.24, 2.45) is 0 Å². The molecule has 1 atom stereocenters. The molecule has 1 amide bonds. The highest BCUT2D eigenvalue weighted by Crippen LogP contribution is 2.29. The molecule has 1 aliphatic heterocycles. The number of hydrogen-bond donors (Lipinski definition) is 1. The maximum absolute atomic E-state index is 13.4. The van der Waals surface area contributed by atoms with Gasteiger partial charge in [0.15, 0.2) is 11.6 Å². The molecule has 0 aliphatic carbocycles. The Bertz CT molecular complexity index is 725. The summed E-state index contributed by atoms with van der Waals surface area (Å²) >= 11 is 0. The average Bonchev–Trinajstić information content (AvgIpc) is 2.88. The van der Waals surface area contributed by atoms with Gasteiger partial charge in [-0.15, -0.1) is 0 Å². The van der Waals surface area contributed by atoms with Gasteiger partial charge in [-0.25, -0.2) is 8.78 Å². The maximum atomic E-state index is 13.4. The molecule has 1 aromatic carbocycles. The van der Waals surface area contributed by atoms with E-state index < -0.39 is 11.6 Å². The van der Waals surface area contributed by atoms with Crippen molar-refractivity contribution in [1.82, 2.24) is 15.1 Å². The zero-order valence-electron chi connectivity index (χ0n) is 12.9. The SMILES string of the molecule is Cc1n[nH]c(C)c1C1COCCN1C(=O)c1ccc(F)c(F)c1. The first-order valence-corrected chi connectivity index (χ1v) is 7.34. The molecule has 3 rings (SSSR count). The quantitative estimate of drug-likeness (QED) is 0.925. The summed E-state index contributed by atoms with van der Waals surface area (Å²) in [5, 5.41) is 7.05. The zero-order chi connectivity index (χ0) is 16.6. The van der Waals surface area contributed by atoms with Crippen molar-refractivity contribution in [3.63, 3.8) is 0 Å². The Morgan fingerprint density at radius 1 is 1.35 bits per heavy atom. The molecule has 2 aromatic rings. The van der Waals surface area contributed by atoms with Gasteiger partial charge in [-0.3, -0.25) is 9.89 Å². The number of aromatic nitrogens is 2. The Balaban J connectivity index is 1.95. The van der Waals surface area contributed by atoms with E-state index in [0.717, 1.165) is 29.1 Å². The number of aromatic amines is 1. The third-order valence-electron chi connectivity index (χ3n) is 4.07. The second kappa shape index (κ2) is 6.08. The van der Waals surface area contributed by atoms with Crippen LogP contribution in [0.25, 0.3) is 0 Å². The Hall–Kier alpha value is -2.28. The zero-order valence-corrected chi connectivity index (χ0v) is 12.9. The van der Waals surface area contributed by atoms with E-state index in [1.807, 2.05) is 13.8 Å². The number of nitrogens with zero attached hydrogens (tertiary/aromatic N) is 2. The fourth-order valence-electron chi connectivity index (χ4n) is 2.93. The third kappa shape index (κ3) is 2.84. The van der Waals surface area contributed by atoms with E-state index in [4.69, 9.17) is 4.74 Å². The highest BCUT2D eigenvalue weighted by molar-refractivity contribution is 5.94. The van der Waals surface area contributed by atoms with E-state index >= 15 is 0 Å². The molecule has 23 heavy (non-hydrogen) atoms. The number of carbonyl (C=O) groups is 1. The number of halogens is 2. The molecule has 1 unspecified atom stereocenters. The first-order valence-electron chi connectivity index (χ1n) is 7.34. The molecule has 1 N–H and O–H groups in total. The van der Waals surface area contributed by atoms with Crippen molar-refractivity contribution < 1.29 is 18.3 Å². The number of hydrogen-bond acceptors (Lipinski definition) is 3. The van der Waals surface area contributed by atoms with Crippen LogP contribution in [0.2, 0.25) is 0 Å². The van der Waals surface area contributed by atoms with Gasteiger partial charge in [0.1, 0.15) is 0 Å². The number of aryl methyl sites for hydroxylation is 2. The predicted octanol–water partition coefficient (Wildman–Crippen LogP) is 2.52. The fourth-order valence-corrected chi connectivity index (χ4v) is 2.93. The Kier molecular flexibility index (Phi) is 4.12. The van der Waals surface area contributed by atoms with Gasteiger partial charge in [0.2, 0.25) is 0 Å². The van der Waals surface area contributed by atoms with E-state index in [1.54, 1.807) is 4.90 Å². The Labute approximate surface area is 132 Å². The van der Waals surface area contributed by atoms with E-state index in [2.05, 4.69) is 10.2 Å². The van der Waals surface area contributed by atoms with Crippen LogP contribution >= 0.6 is 0 Å². The lowest BCUT2D eigenvalue weighted by Crippen LogP contribution is -2.43. The number of amides is 1. The normalized spacial score (nSPS) is 18.3. The van der Waals surface area contributed by atoms with E-state index in [1.165, 1.54) is 6.07 Å². The molecule has 1 fully saturated rings. The summed E-state index contributed by atoms with van der Waals surface area (Å²) in [6.07, 6.45) is 0. The van der Waals surface area contributed by atoms with Gasteiger partial charge in [-0.2, -0.15) is 5.10 Å². The topological polar surface area (TPSA) is 58.2 Å². The fraction of sp³-hybridized carbons (Fsp3) is 0.375. The van der Waals surface area contributed by atoms with Crippen LogP contribution < -0.4 is 0 Å². The van der Waals surface area contributed by atoms with Crippen LogP contribution in [0.1, 0.15) is 33.4 Å². The van der Waals surface area contributed by atoms with Crippen molar-refractivity contribution in [1.29, 1.82) is 0 Å². The minimum Gasteiger partial charge on any atom is -0.377 e. The highest BCUT2D eigenvalue weighted by atomic mass is 19.2. The van der Waals surface area contributed by atoms with Crippen LogP contribution in [0.4, 0.5) is 8.78 Å². The monoisotopic (exact) mass is 321 g/mol. The van der Waals surface area contributed by atoms with Gasteiger partial charge < -0.3 is 9.64 Å². The molecule has 122 valence electrons. The lowest BCUT2D eigenvalue weighted by Gasteiger charge is -2.36. The Morgan fingerprint density at radius 3 is 2.78 bits per heavy atom. The first kappa shape index (κ1) is 15.6. The molecular weight excluding hydrogens is 304 g/mol. The van der Waals surface area contributed by atoms with Gasteiger partial charge in [-0.05, 0) is 32.0 Å². The second-order valence-corrected chi connectivity index (χ2v) is 5.57. The summed E-state index contributed by atoms with van der Waals surface area (Å²) in [4.78, 5) is 14.4. The summed E-state index contributed by atoms with van der Waals surface area (Å²) < 4.78 is 32.0. The Morgan fingerprint density at radius 2 is 2.13 bits per heavy atom. The molecular formula is C16H17F2N3O2. The van der Waals surface area contributed by atoms with Crippen molar-refractivity contribution in [2.45, 2.75) is 19.9 Å². The van der Waals surface area contributed by atoms with Gasteiger partial charge in [0.25, 0.3) is 5.91 Å². The minimum absolute atomic E-state index is 0.120. The molecule has 0 saturated carbocycles. The number of carbonyl (C=O) groups excluding carboxylic acids is 1. The molecule has 0 radical (unpaired) electrons. The van der Waals surface area contributed by atoms with Crippen LogP contribution in [0.5, 0.6) is 0 Å². The summed E-state index contributed by atoms with van der Waals surface area (Å²) in [5.74, 6) is -2.35. The van der Waals surface area contributed by atoms with Crippen LogP contribution in [0.3, 0.4) is 0 Å².